The third-order valence-corrected chi connectivity index (χ3v) is 5.98. The standard InChI is InChI=1S/C25H23F2N5O2.C2H6/c1-34-23-10-19-21(11-22(23)32-5-4-18(28)13-32)30-24(31-25(19)33)6-14-2-3-20(29-12-14)15-7-16(26)9-17(27)8-15;1-2/h2-3,7-12,18H,4-6,13,28H2,1H3,(H,30,31,33);1-2H3. The number of nitrogens with two attached hydrogens (primary N) is 1. The van der Waals surface area contributed by atoms with Crippen LogP contribution in [0, 0.1) is 11.6 Å². The Morgan fingerprint density at radius 1 is 1.14 bits per heavy atom. The summed E-state index contributed by atoms with van der Waals surface area (Å²) in [4.78, 5) is 26.7. The molecule has 0 aliphatic carbocycles. The van der Waals surface area contributed by atoms with Crippen LogP contribution in [-0.4, -0.2) is 41.2 Å². The molecule has 7 nitrogen and oxygen atoms in total. The Morgan fingerprint density at radius 2 is 1.89 bits per heavy atom. The number of H-pyrrole nitrogens is 1. The summed E-state index contributed by atoms with van der Waals surface area (Å²) in [5, 5.41) is 0.439. The summed E-state index contributed by atoms with van der Waals surface area (Å²) in [6.45, 7) is 5.53. The van der Waals surface area contributed by atoms with E-state index in [4.69, 9.17) is 10.5 Å². The molecule has 0 radical (unpaired) electrons. The van der Waals surface area contributed by atoms with Crippen LogP contribution in [0.15, 0.2) is 53.5 Å². The summed E-state index contributed by atoms with van der Waals surface area (Å²) in [6, 6.07) is 10.4. The number of hydrogen-bond acceptors (Lipinski definition) is 6. The second kappa shape index (κ2) is 10.8. The minimum Gasteiger partial charge on any atom is -0.495 e. The summed E-state index contributed by atoms with van der Waals surface area (Å²) < 4.78 is 32.6. The second-order valence-corrected chi connectivity index (χ2v) is 8.44. The summed E-state index contributed by atoms with van der Waals surface area (Å²) in [6.07, 6.45) is 2.83. The Hall–Kier alpha value is -3.85. The maximum atomic E-state index is 13.5. The number of anilines is 1. The van der Waals surface area contributed by atoms with Gasteiger partial charge in [-0.25, -0.2) is 13.8 Å². The van der Waals surface area contributed by atoms with Crippen LogP contribution in [0.1, 0.15) is 31.7 Å². The van der Waals surface area contributed by atoms with Crippen LogP contribution in [0.2, 0.25) is 0 Å². The molecule has 4 aromatic rings. The zero-order chi connectivity index (χ0) is 25.8. The van der Waals surface area contributed by atoms with Crippen LogP contribution < -0.4 is 20.9 Å². The van der Waals surface area contributed by atoms with Crippen LogP contribution in [0.3, 0.4) is 0 Å². The van der Waals surface area contributed by atoms with E-state index in [2.05, 4.69) is 19.9 Å². The van der Waals surface area contributed by atoms with Crippen LogP contribution in [-0.2, 0) is 6.42 Å². The zero-order valence-corrected chi connectivity index (χ0v) is 20.5. The van der Waals surface area contributed by atoms with Crippen molar-refractivity contribution in [3.8, 4) is 17.0 Å². The Balaban J connectivity index is 0.00000148. The van der Waals surface area contributed by atoms with E-state index in [0.29, 0.717) is 46.7 Å². The maximum Gasteiger partial charge on any atom is 0.258 e. The van der Waals surface area contributed by atoms with Gasteiger partial charge >= 0.3 is 0 Å². The summed E-state index contributed by atoms with van der Waals surface area (Å²) in [5.74, 6) is -0.232. The highest BCUT2D eigenvalue weighted by atomic mass is 19.1. The van der Waals surface area contributed by atoms with E-state index in [1.165, 1.54) is 12.1 Å². The monoisotopic (exact) mass is 493 g/mol. The molecule has 1 fully saturated rings. The Morgan fingerprint density at radius 3 is 2.50 bits per heavy atom. The topological polar surface area (TPSA) is 97.1 Å². The van der Waals surface area contributed by atoms with E-state index in [9.17, 15) is 13.6 Å². The van der Waals surface area contributed by atoms with E-state index < -0.39 is 11.6 Å². The SMILES string of the molecule is CC.COc1cc2c(=O)[nH]c(Cc3ccc(-c4cc(F)cc(F)c4)nc3)nc2cc1N1CCC(N)C1. The van der Waals surface area contributed by atoms with E-state index in [0.717, 1.165) is 30.3 Å². The molecular weight excluding hydrogens is 464 g/mol. The van der Waals surface area contributed by atoms with Gasteiger partial charge in [0.25, 0.3) is 5.56 Å². The van der Waals surface area contributed by atoms with Gasteiger partial charge in [-0.2, -0.15) is 0 Å². The van der Waals surface area contributed by atoms with Gasteiger partial charge in [-0.3, -0.25) is 9.78 Å². The van der Waals surface area contributed by atoms with Crippen molar-refractivity contribution in [2.24, 2.45) is 5.73 Å². The number of nitrogens with one attached hydrogen (secondary N) is 1. The van der Waals surface area contributed by atoms with Crippen molar-refractivity contribution in [2.75, 3.05) is 25.1 Å². The van der Waals surface area contributed by atoms with Gasteiger partial charge in [0.2, 0.25) is 0 Å². The molecule has 2 aromatic carbocycles. The van der Waals surface area contributed by atoms with Gasteiger partial charge in [-0.05, 0) is 42.3 Å². The van der Waals surface area contributed by atoms with Crippen molar-refractivity contribution >= 4 is 16.6 Å². The first-order valence-electron chi connectivity index (χ1n) is 11.9. The predicted molar refractivity (Wildman–Crippen MR) is 137 cm³/mol. The highest BCUT2D eigenvalue weighted by Gasteiger charge is 2.23. The van der Waals surface area contributed by atoms with E-state index in [-0.39, 0.29) is 11.6 Å². The van der Waals surface area contributed by atoms with Gasteiger partial charge in [-0.15, -0.1) is 0 Å². The van der Waals surface area contributed by atoms with Crippen LogP contribution in [0.5, 0.6) is 5.75 Å². The number of aromatic amines is 1. The number of halogens is 2. The van der Waals surface area contributed by atoms with Gasteiger partial charge in [-0.1, -0.05) is 19.9 Å². The number of fused-ring (bicyclic) bond motifs is 1. The zero-order valence-electron chi connectivity index (χ0n) is 20.5. The largest absolute Gasteiger partial charge is 0.495 e. The first-order chi connectivity index (χ1) is 17.4. The molecule has 0 amide bonds. The van der Waals surface area contributed by atoms with E-state index in [1.807, 2.05) is 19.9 Å². The maximum absolute atomic E-state index is 13.5. The Labute approximate surface area is 208 Å². The molecule has 5 rings (SSSR count). The van der Waals surface area contributed by atoms with Crippen LogP contribution in [0.4, 0.5) is 14.5 Å². The first kappa shape index (κ1) is 25.2. The summed E-state index contributed by atoms with van der Waals surface area (Å²) in [7, 11) is 1.57. The van der Waals surface area contributed by atoms with Gasteiger partial charge in [0.1, 0.15) is 23.2 Å². The van der Waals surface area contributed by atoms with Crippen molar-refractivity contribution in [2.45, 2.75) is 32.7 Å². The fraction of sp³-hybridized carbons (Fsp3) is 0.296. The minimum atomic E-state index is -0.661. The molecule has 1 unspecified atom stereocenters. The quantitative estimate of drug-likeness (QED) is 0.427. The molecule has 0 spiro atoms. The molecule has 3 N–H and O–H groups in total. The number of benzene rings is 2. The molecule has 1 aliphatic heterocycles. The number of rotatable bonds is 5. The average molecular weight is 494 g/mol. The highest BCUT2D eigenvalue weighted by Crippen LogP contribution is 2.33. The van der Waals surface area contributed by atoms with Crippen molar-refractivity contribution < 1.29 is 13.5 Å². The molecule has 188 valence electrons. The van der Waals surface area contributed by atoms with E-state index in [1.54, 1.807) is 31.5 Å². The molecule has 9 heteroatoms. The molecule has 2 aromatic heterocycles. The van der Waals surface area contributed by atoms with Crippen LogP contribution in [0.25, 0.3) is 22.2 Å². The first-order valence-corrected chi connectivity index (χ1v) is 11.9. The summed E-state index contributed by atoms with van der Waals surface area (Å²) in [5.41, 5.74) is 8.82. The lowest BCUT2D eigenvalue weighted by Gasteiger charge is -2.21. The molecule has 1 aliphatic rings. The molecule has 36 heavy (non-hydrogen) atoms. The highest BCUT2D eigenvalue weighted by molar-refractivity contribution is 5.85. The minimum absolute atomic E-state index is 0.0995. The lowest BCUT2D eigenvalue weighted by atomic mass is 10.1. The average Bonchev–Trinajstić information content (AvgIpc) is 3.30. The van der Waals surface area contributed by atoms with Crippen LogP contribution >= 0.6 is 0 Å². The van der Waals surface area contributed by atoms with Gasteiger partial charge in [0.15, 0.2) is 0 Å². The van der Waals surface area contributed by atoms with Crippen molar-refractivity contribution in [3.05, 3.63) is 82.0 Å². The van der Waals surface area contributed by atoms with Crippen molar-refractivity contribution in [1.82, 2.24) is 15.0 Å². The van der Waals surface area contributed by atoms with Crippen molar-refractivity contribution in [1.29, 1.82) is 0 Å². The molecule has 3 heterocycles. The number of nitrogens with zero attached hydrogens (tertiary/aromatic N) is 3. The predicted octanol–water partition coefficient (Wildman–Crippen LogP) is 4.43. The number of hydrogen-bond donors (Lipinski definition) is 2. The molecule has 1 atom stereocenters. The summed E-state index contributed by atoms with van der Waals surface area (Å²) >= 11 is 0. The smallest absolute Gasteiger partial charge is 0.258 e. The molecule has 0 bridgehead atoms. The van der Waals surface area contributed by atoms with Crippen molar-refractivity contribution in [3.63, 3.8) is 0 Å². The fourth-order valence-corrected chi connectivity index (χ4v) is 4.30. The number of ether oxygens (including phenoxy) is 1. The van der Waals surface area contributed by atoms with Gasteiger partial charge < -0.3 is 20.4 Å². The normalized spacial score (nSPS) is 15.1. The fourth-order valence-electron chi connectivity index (χ4n) is 4.30. The molecule has 0 saturated carbocycles. The van der Waals surface area contributed by atoms with Gasteiger partial charge in [0.05, 0.1) is 29.4 Å². The number of methoxy groups -OCH3 is 1. The Kier molecular flexibility index (Phi) is 7.59. The lowest BCUT2D eigenvalue weighted by Crippen LogP contribution is -2.26. The number of aromatic nitrogens is 3. The molecular formula is C27H29F2N5O2. The molecule has 1 saturated heterocycles. The second-order valence-electron chi connectivity index (χ2n) is 8.44. The Bertz CT molecular complexity index is 1400. The number of pyridine rings is 1. The third kappa shape index (κ3) is 5.36. The lowest BCUT2D eigenvalue weighted by molar-refractivity contribution is 0.415. The third-order valence-electron chi connectivity index (χ3n) is 5.98. The van der Waals surface area contributed by atoms with E-state index >= 15 is 0 Å². The van der Waals surface area contributed by atoms with Gasteiger partial charge in [0, 0.05) is 43.4 Å².